The molecule has 1 saturated carbocycles. The summed E-state index contributed by atoms with van der Waals surface area (Å²) < 4.78 is 0. The summed E-state index contributed by atoms with van der Waals surface area (Å²) in [6, 6.07) is 9.18. The summed E-state index contributed by atoms with van der Waals surface area (Å²) in [5.74, 6) is 1.02. The van der Waals surface area contributed by atoms with Crippen LogP contribution < -0.4 is 16.0 Å². The molecule has 1 fully saturated rings. The highest BCUT2D eigenvalue weighted by Gasteiger charge is 2.16. The maximum Gasteiger partial charge on any atom is 0.219 e. The Labute approximate surface area is 153 Å². The molecule has 1 amide bonds. The average molecular weight is 346 g/mol. The maximum absolute atomic E-state index is 11.3. The number of hydrogen-bond acceptors (Lipinski definition) is 3. The van der Waals surface area contributed by atoms with Crippen LogP contribution in [0.2, 0.25) is 0 Å². The van der Waals surface area contributed by atoms with Gasteiger partial charge >= 0.3 is 0 Å². The first kappa shape index (κ1) is 19.9. The standard InChI is InChI=1S/C21H35N3O/c1-3-21(25)24-16-19-7-4-6-18(14-19)15-22-12-5-13-23-20-10-8-17(2)9-11-20/h4,6-7,14,17,20,22-23H,3,5,8-13,15-16H2,1-2H3,(H,24,25). The highest BCUT2D eigenvalue weighted by Crippen LogP contribution is 2.23. The molecule has 0 radical (unpaired) electrons. The third kappa shape index (κ3) is 8.02. The van der Waals surface area contributed by atoms with Gasteiger partial charge in [0.2, 0.25) is 5.91 Å². The van der Waals surface area contributed by atoms with E-state index in [1.165, 1.54) is 31.2 Å². The quantitative estimate of drug-likeness (QED) is 0.570. The Balaban J connectivity index is 1.56. The number of rotatable bonds is 10. The van der Waals surface area contributed by atoms with Crippen LogP contribution in [0.1, 0.15) is 63.5 Å². The molecule has 1 aromatic carbocycles. The van der Waals surface area contributed by atoms with E-state index in [1.54, 1.807) is 0 Å². The van der Waals surface area contributed by atoms with Gasteiger partial charge in [0, 0.05) is 25.6 Å². The van der Waals surface area contributed by atoms with Gasteiger partial charge in [0.15, 0.2) is 0 Å². The molecule has 0 aliphatic heterocycles. The zero-order valence-electron chi connectivity index (χ0n) is 15.9. The fraction of sp³-hybridized carbons (Fsp3) is 0.667. The van der Waals surface area contributed by atoms with Crippen molar-refractivity contribution in [3.8, 4) is 0 Å². The smallest absolute Gasteiger partial charge is 0.219 e. The molecule has 0 unspecified atom stereocenters. The molecule has 0 bridgehead atoms. The van der Waals surface area contributed by atoms with E-state index in [0.717, 1.165) is 43.6 Å². The van der Waals surface area contributed by atoms with Gasteiger partial charge in [-0.15, -0.1) is 0 Å². The minimum Gasteiger partial charge on any atom is -0.352 e. The van der Waals surface area contributed by atoms with Crippen LogP contribution in [0.4, 0.5) is 0 Å². The van der Waals surface area contributed by atoms with Gasteiger partial charge < -0.3 is 16.0 Å². The van der Waals surface area contributed by atoms with Crippen molar-refractivity contribution in [3.63, 3.8) is 0 Å². The first-order valence-corrected chi connectivity index (χ1v) is 9.96. The number of carbonyl (C=O) groups is 1. The topological polar surface area (TPSA) is 53.2 Å². The van der Waals surface area contributed by atoms with Gasteiger partial charge in [-0.25, -0.2) is 0 Å². The minimum atomic E-state index is 0.100. The largest absolute Gasteiger partial charge is 0.352 e. The molecule has 0 heterocycles. The van der Waals surface area contributed by atoms with Crippen LogP contribution in [-0.2, 0) is 17.9 Å². The van der Waals surface area contributed by atoms with Gasteiger partial charge in [-0.1, -0.05) is 38.1 Å². The summed E-state index contributed by atoms with van der Waals surface area (Å²) >= 11 is 0. The second kappa shape index (κ2) is 11.3. The number of benzene rings is 1. The Bertz CT molecular complexity index is 510. The zero-order chi connectivity index (χ0) is 17.9. The molecular formula is C21H35N3O. The molecule has 0 saturated heterocycles. The first-order valence-electron chi connectivity index (χ1n) is 9.96. The molecule has 3 N–H and O–H groups in total. The molecule has 2 rings (SSSR count). The summed E-state index contributed by atoms with van der Waals surface area (Å²) in [5, 5.41) is 10.2. The van der Waals surface area contributed by atoms with Crippen molar-refractivity contribution in [2.45, 2.75) is 71.5 Å². The Morgan fingerprint density at radius 1 is 1.08 bits per heavy atom. The Hall–Kier alpha value is -1.39. The molecule has 0 spiro atoms. The van der Waals surface area contributed by atoms with E-state index in [-0.39, 0.29) is 5.91 Å². The Morgan fingerprint density at radius 2 is 1.80 bits per heavy atom. The lowest BCUT2D eigenvalue weighted by atomic mass is 9.87. The summed E-state index contributed by atoms with van der Waals surface area (Å²) in [6.07, 6.45) is 7.15. The highest BCUT2D eigenvalue weighted by molar-refractivity contribution is 5.75. The van der Waals surface area contributed by atoms with Gasteiger partial charge in [-0.2, -0.15) is 0 Å². The predicted molar refractivity (Wildman–Crippen MR) is 104 cm³/mol. The van der Waals surface area contributed by atoms with Crippen molar-refractivity contribution in [1.82, 2.24) is 16.0 Å². The second-order valence-corrected chi connectivity index (χ2v) is 7.39. The van der Waals surface area contributed by atoms with Gasteiger partial charge in [0.1, 0.15) is 0 Å². The van der Waals surface area contributed by atoms with E-state index in [0.29, 0.717) is 13.0 Å². The molecule has 25 heavy (non-hydrogen) atoms. The van der Waals surface area contributed by atoms with E-state index in [1.807, 2.05) is 6.92 Å². The van der Waals surface area contributed by atoms with Crippen molar-refractivity contribution in [2.24, 2.45) is 5.92 Å². The molecule has 4 heteroatoms. The van der Waals surface area contributed by atoms with Crippen molar-refractivity contribution in [3.05, 3.63) is 35.4 Å². The van der Waals surface area contributed by atoms with Gasteiger partial charge in [0.25, 0.3) is 0 Å². The summed E-state index contributed by atoms with van der Waals surface area (Å²) in [4.78, 5) is 11.3. The molecule has 1 aliphatic rings. The fourth-order valence-corrected chi connectivity index (χ4v) is 3.39. The molecule has 1 aromatic rings. The third-order valence-corrected chi connectivity index (χ3v) is 5.11. The van der Waals surface area contributed by atoms with Gasteiger partial charge in [-0.05, 0) is 62.2 Å². The predicted octanol–water partition coefficient (Wildman–Crippen LogP) is 3.36. The Kier molecular flexibility index (Phi) is 8.98. The van der Waals surface area contributed by atoms with Crippen LogP contribution in [0, 0.1) is 5.92 Å². The van der Waals surface area contributed by atoms with Crippen molar-refractivity contribution in [1.29, 1.82) is 0 Å². The van der Waals surface area contributed by atoms with Crippen LogP contribution >= 0.6 is 0 Å². The van der Waals surface area contributed by atoms with E-state index in [4.69, 9.17) is 0 Å². The molecule has 4 nitrogen and oxygen atoms in total. The van der Waals surface area contributed by atoms with Crippen molar-refractivity contribution >= 4 is 5.91 Å². The third-order valence-electron chi connectivity index (χ3n) is 5.11. The van der Waals surface area contributed by atoms with E-state index < -0.39 is 0 Å². The van der Waals surface area contributed by atoms with Crippen molar-refractivity contribution in [2.75, 3.05) is 13.1 Å². The SMILES string of the molecule is CCC(=O)NCc1cccc(CNCCCNC2CCC(C)CC2)c1. The molecule has 0 atom stereocenters. The number of nitrogens with one attached hydrogen (secondary N) is 3. The molecular weight excluding hydrogens is 310 g/mol. The van der Waals surface area contributed by atoms with Crippen LogP contribution in [0.25, 0.3) is 0 Å². The Morgan fingerprint density at radius 3 is 2.52 bits per heavy atom. The summed E-state index contributed by atoms with van der Waals surface area (Å²) in [6.45, 7) is 7.88. The van der Waals surface area contributed by atoms with E-state index >= 15 is 0 Å². The lowest BCUT2D eigenvalue weighted by molar-refractivity contribution is -0.120. The summed E-state index contributed by atoms with van der Waals surface area (Å²) in [7, 11) is 0. The fourth-order valence-electron chi connectivity index (χ4n) is 3.39. The molecule has 140 valence electrons. The van der Waals surface area contributed by atoms with E-state index in [2.05, 4.69) is 47.1 Å². The van der Waals surface area contributed by atoms with E-state index in [9.17, 15) is 4.79 Å². The summed E-state index contributed by atoms with van der Waals surface area (Å²) in [5.41, 5.74) is 2.44. The number of amides is 1. The van der Waals surface area contributed by atoms with Crippen LogP contribution in [-0.4, -0.2) is 25.0 Å². The zero-order valence-corrected chi connectivity index (χ0v) is 15.9. The monoisotopic (exact) mass is 345 g/mol. The highest BCUT2D eigenvalue weighted by atomic mass is 16.1. The van der Waals surface area contributed by atoms with Crippen LogP contribution in [0.5, 0.6) is 0 Å². The molecule has 1 aliphatic carbocycles. The minimum absolute atomic E-state index is 0.100. The van der Waals surface area contributed by atoms with Gasteiger partial charge in [-0.3, -0.25) is 4.79 Å². The second-order valence-electron chi connectivity index (χ2n) is 7.39. The number of hydrogen-bond donors (Lipinski definition) is 3. The van der Waals surface area contributed by atoms with Gasteiger partial charge in [0.05, 0.1) is 0 Å². The first-order chi connectivity index (χ1) is 12.2. The normalized spacial score (nSPS) is 20.4. The lowest BCUT2D eigenvalue weighted by Gasteiger charge is -2.27. The molecule has 0 aromatic heterocycles. The number of carbonyl (C=O) groups excluding carboxylic acids is 1. The van der Waals surface area contributed by atoms with Crippen molar-refractivity contribution < 1.29 is 4.79 Å². The lowest BCUT2D eigenvalue weighted by Crippen LogP contribution is -2.34. The average Bonchev–Trinajstić information content (AvgIpc) is 2.64. The maximum atomic E-state index is 11.3. The van der Waals surface area contributed by atoms with Crippen LogP contribution in [0.15, 0.2) is 24.3 Å². The van der Waals surface area contributed by atoms with Crippen LogP contribution in [0.3, 0.4) is 0 Å².